The third-order valence-corrected chi connectivity index (χ3v) is 3.92. The molecule has 0 bridgehead atoms. The van der Waals surface area contributed by atoms with E-state index in [9.17, 15) is 4.79 Å². The van der Waals surface area contributed by atoms with Gasteiger partial charge in [0.25, 0.3) is 0 Å². The van der Waals surface area contributed by atoms with Crippen molar-refractivity contribution in [2.45, 2.75) is 50.5 Å². The average molecular weight is 212 g/mol. The Kier molecular flexibility index (Phi) is 3.29. The van der Waals surface area contributed by atoms with Crippen molar-refractivity contribution >= 4 is 5.97 Å². The Hall–Kier alpha value is -0.570. The number of methoxy groups -OCH3 is 1. The first-order chi connectivity index (χ1) is 7.27. The van der Waals surface area contributed by atoms with E-state index in [1.807, 2.05) is 0 Å². The molecular weight excluding hydrogens is 192 g/mol. The summed E-state index contributed by atoms with van der Waals surface area (Å²) in [6.45, 7) is 0.873. The summed E-state index contributed by atoms with van der Waals surface area (Å²) in [5, 5.41) is 0. The Labute approximate surface area is 91.1 Å². The number of rotatable bonds is 2. The lowest BCUT2D eigenvalue weighted by Crippen LogP contribution is -2.40. The molecular formula is C12H20O3. The van der Waals surface area contributed by atoms with Gasteiger partial charge in [-0.3, -0.25) is 4.79 Å². The lowest BCUT2D eigenvalue weighted by atomic mass is 9.82. The second-order valence-corrected chi connectivity index (χ2v) is 4.74. The predicted octanol–water partition coefficient (Wildman–Crippen LogP) is 2.29. The van der Waals surface area contributed by atoms with Gasteiger partial charge in [-0.15, -0.1) is 0 Å². The molecule has 0 amide bonds. The predicted molar refractivity (Wildman–Crippen MR) is 56.5 cm³/mol. The molecule has 2 atom stereocenters. The van der Waals surface area contributed by atoms with Gasteiger partial charge in [-0.2, -0.15) is 0 Å². The zero-order chi connectivity index (χ0) is 10.7. The van der Waals surface area contributed by atoms with E-state index in [4.69, 9.17) is 9.47 Å². The first-order valence-corrected chi connectivity index (χ1v) is 5.98. The fraction of sp³-hybridized carbons (Fsp3) is 0.917. The van der Waals surface area contributed by atoms with Crippen molar-refractivity contribution in [1.29, 1.82) is 0 Å². The van der Waals surface area contributed by atoms with Crippen LogP contribution in [-0.4, -0.2) is 25.3 Å². The topological polar surface area (TPSA) is 35.5 Å². The van der Waals surface area contributed by atoms with Gasteiger partial charge in [0, 0.05) is 6.61 Å². The Bertz CT molecular complexity index is 231. The fourth-order valence-corrected chi connectivity index (χ4v) is 3.08. The third-order valence-electron chi connectivity index (χ3n) is 3.92. The average Bonchev–Trinajstić information content (AvgIpc) is 2.63. The maximum atomic E-state index is 11.3. The summed E-state index contributed by atoms with van der Waals surface area (Å²) in [7, 11) is 1.46. The Morgan fingerprint density at radius 3 is 2.87 bits per heavy atom. The highest BCUT2D eigenvalue weighted by atomic mass is 16.5. The van der Waals surface area contributed by atoms with Crippen LogP contribution in [0.2, 0.25) is 0 Å². The summed E-state index contributed by atoms with van der Waals surface area (Å²) in [6.07, 6.45) is 7.54. The molecule has 3 nitrogen and oxygen atoms in total. The monoisotopic (exact) mass is 212 g/mol. The van der Waals surface area contributed by atoms with E-state index in [2.05, 4.69) is 0 Å². The van der Waals surface area contributed by atoms with Crippen molar-refractivity contribution < 1.29 is 14.3 Å². The Balaban J connectivity index is 2.00. The minimum absolute atomic E-state index is 0.0203. The summed E-state index contributed by atoms with van der Waals surface area (Å²) in [5.74, 6) is 0.306. The van der Waals surface area contributed by atoms with E-state index >= 15 is 0 Å². The lowest BCUT2D eigenvalue weighted by Gasteiger charge is -2.38. The minimum Gasteiger partial charge on any atom is -0.469 e. The van der Waals surface area contributed by atoms with E-state index in [-0.39, 0.29) is 11.6 Å². The highest BCUT2D eigenvalue weighted by molar-refractivity contribution is 5.69. The van der Waals surface area contributed by atoms with Crippen molar-refractivity contribution in [3.05, 3.63) is 0 Å². The first-order valence-electron chi connectivity index (χ1n) is 5.98. The smallest absolute Gasteiger partial charge is 0.305 e. The second-order valence-electron chi connectivity index (χ2n) is 4.74. The highest BCUT2D eigenvalue weighted by Gasteiger charge is 2.45. The maximum absolute atomic E-state index is 11.3. The quantitative estimate of drug-likeness (QED) is 0.659. The zero-order valence-corrected chi connectivity index (χ0v) is 9.46. The van der Waals surface area contributed by atoms with Gasteiger partial charge in [-0.1, -0.05) is 6.42 Å². The number of esters is 1. The molecule has 0 N–H and O–H groups in total. The molecule has 2 fully saturated rings. The van der Waals surface area contributed by atoms with Crippen LogP contribution in [0.15, 0.2) is 0 Å². The normalized spacial score (nSPS) is 35.7. The molecule has 0 radical (unpaired) electrons. The highest BCUT2D eigenvalue weighted by Crippen LogP contribution is 2.46. The largest absolute Gasteiger partial charge is 0.469 e. The fourth-order valence-electron chi connectivity index (χ4n) is 3.08. The van der Waals surface area contributed by atoms with Crippen LogP contribution in [0, 0.1) is 5.92 Å². The second kappa shape index (κ2) is 4.52. The number of ether oxygens (including phenoxy) is 2. The van der Waals surface area contributed by atoms with Crippen molar-refractivity contribution in [2.24, 2.45) is 5.92 Å². The molecule has 15 heavy (non-hydrogen) atoms. The van der Waals surface area contributed by atoms with Crippen LogP contribution < -0.4 is 0 Å². The summed E-state index contributed by atoms with van der Waals surface area (Å²) >= 11 is 0. The molecule has 86 valence electrons. The van der Waals surface area contributed by atoms with Gasteiger partial charge in [-0.25, -0.2) is 0 Å². The molecule has 3 heteroatoms. The van der Waals surface area contributed by atoms with Crippen LogP contribution in [0.25, 0.3) is 0 Å². The van der Waals surface area contributed by atoms with E-state index in [0.717, 1.165) is 25.9 Å². The SMILES string of the molecule is COC(=O)C[C@H]1CCC[C@]12CCCCO2. The summed E-state index contributed by atoms with van der Waals surface area (Å²) in [6, 6.07) is 0. The molecule has 2 rings (SSSR count). The van der Waals surface area contributed by atoms with E-state index in [1.165, 1.54) is 26.4 Å². The van der Waals surface area contributed by atoms with Crippen molar-refractivity contribution in [2.75, 3.05) is 13.7 Å². The van der Waals surface area contributed by atoms with Crippen molar-refractivity contribution in [3.63, 3.8) is 0 Å². The molecule has 1 saturated heterocycles. The van der Waals surface area contributed by atoms with Crippen LogP contribution in [0.3, 0.4) is 0 Å². The van der Waals surface area contributed by atoms with Gasteiger partial charge in [0.2, 0.25) is 0 Å². The molecule has 1 saturated carbocycles. The van der Waals surface area contributed by atoms with Gasteiger partial charge in [0.1, 0.15) is 0 Å². The van der Waals surface area contributed by atoms with E-state index in [1.54, 1.807) is 0 Å². The van der Waals surface area contributed by atoms with E-state index < -0.39 is 0 Å². The van der Waals surface area contributed by atoms with Gasteiger partial charge in [0.15, 0.2) is 0 Å². The lowest BCUT2D eigenvalue weighted by molar-refractivity contribution is -0.148. The van der Waals surface area contributed by atoms with Gasteiger partial charge in [-0.05, 0) is 38.0 Å². The Morgan fingerprint density at radius 2 is 2.20 bits per heavy atom. The molecule has 1 heterocycles. The van der Waals surface area contributed by atoms with Gasteiger partial charge >= 0.3 is 5.97 Å². The number of carbonyl (C=O) groups excluding carboxylic acids is 1. The molecule has 0 unspecified atom stereocenters. The summed E-state index contributed by atoms with van der Waals surface area (Å²) in [5.41, 5.74) is 0.0203. The third kappa shape index (κ3) is 2.17. The zero-order valence-electron chi connectivity index (χ0n) is 9.46. The van der Waals surface area contributed by atoms with Crippen LogP contribution in [-0.2, 0) is 14.3 Å². The van der Waals surface area contributed by atoms with Crippen LogP contribution in [0.1, 0.15) is 44.9 Å². The molecule has 1 aliphatic heterocycles. The molecule has 1 aliphatic carbocycles. The van der Waals surface area contributed by atoms with Crippen LogP contribution in [0.4, 0.5) is 0 Å². The minimum atomic E-state index is -0.0875. The maximum Gasteiger partial charge on any atom is 0.305 e. The van der Waals surface area contributed by atoms with E-state index in [0.29, 0.717) is 12.3 Å². The molecule has 0 aromatic rings. The number of carbonyl (C=O) groups is 1. The molecule has 0 aromatic heterocycles. The standard InChI is InChI=1S/C12H20O3/c1-14-11(13)9-10-5-4-7-12(10)6-2-3-8-15-12/h10H,2-9H2,1H3/t10-,12-/m1/s1. The van der Waals surface area contributed by atoms with Gasteiger partial charge in [0.05, 0.1) is 19.1 Å². The number of hydrogen-bond donors (Lipinski definition) is 0. The molecule has 0 aromatic carbocycles. The summed E-state index contributed by atoms with van der Waals surface area (Å²) < 4.78 is 10.7. The number of hydrogen-bond acceptors (Lipinski definition) is 3. The summed E-state index contributed by atoms with van der Waals surface area (Å²) in [4.78, 5) is 11.3. The molecule has 2 aliphatic rings. The van der Waals surface area contributed by atoms with Crippen molar-refractivity contribution in [3.8, 4) is 0 Å². The van der Waals surface area contributed by atoms with Crippen molar-refractivity contribution in [1.82, 2.24) is 0 Å². The van der Waals surface area contributed by atoms with Crippen LogP contribution >= 0.6 is 0 Å². The molecule has 1 spiro atoms. The van der Waals surface area contributed by atoms with Crippen LogP contribution in [0.5, 0.6) is 0 Å². The Morgan fingerprint density at radius 1 is 1.40 bits per heavy atom. The van der Waals surface area contributed by atoms with Gasteiger partial charge < -0.3 is 9.47 Å². The first kappa shape index (κ1) is 10.9.